The van der Waals surface area contributed by atoms with Crippen LogP contribution in [0.3, 0.4) is 0 Å². The number of aromatic nitrogens is 2. The molecule has 1 aromatic carbocycles. The molecule has 0 radical (unpaired) electrons. The molecular formula is C22H21N5O4S. The fourth-order valence-electron chi connectivity index (χ4n) is 4.06. The SMILES string of the molecule is Cc1cc(C(=O)Nc2nc3c(s2)CN(C(=O)C2CC(=O)N(c4ccccc4)C2)CC3)no1. The second-order valence-electron chi connectivity index (χ2n) is 7.92. The Hall–Kier alpha value is -3.53. The summed E-state index contributed by atoms with van der Waals surface area (Å²) in [4.78, 5) is 46.9. The summed E-state index contributed by atoms with van der Waals surface area (Å²) in [6.07, 6.45) is 0.831. The van der Waals surface area contributed by atoms with Gasteiger partial charge in [-0.25, -0.2) is 4.98 Å². The number of hydrogen-bond donors (Lipinski definition) is 1. The minimum Gasteiger partial charge on any atom is -0.361 e. The summed E-state index contributed by atoms with van der Waals surface area (Å²) in [5.74, 6) is -0.227. The Morgan fingerprint density at radius 1 is 1.25 bits per heavy atom. The van der Waals surface area contributed by atoms with Crippen molar-refractivity contribution in [2.75, 3.05) is 23.3 Å². The van der Waals surface area contributed by atoms with E-state index in [0.29, 0.717) is 36.9 Å². The molecule has 1 atom stereocenters. The summed E-state index contributed by atoms with van der Waals surface area (Å²) in [7, 11) is 0. The lowest BCUT2D eigenvalue weighted by molar-refractivity contribution is -0.136. The number of carbonyl (C=O) groups is 3. The highest BCUT2D eigenvalue weighted by Gasteiger charge is 2.38. The van der Waals surface area contributed by atoms with Crippen molar-refractivity contribution in [1.82, 2.24) is 15.0 Å². The first-order valence-corrected chi connectivity index (χ1v) is 11.2. The molecule has 164 valence electrons. The van der Waals surface area contributed by atoms with E-state index in [1.165, 1.54) is 11.3 Å². The van der Waals surface area contributed by atoms with Crippen molar-refractivity contribution in [2.24, 2.45) is 5.92 Å². The van der Waals surface area contributed by atoms with E-state index >= 15 is 0 Å². The van der Waals surface area contributed by atoms with Gasteiger partial charge in [-0.05, 0) is 19.1 Å². The third-order valence-electron chi connectivity index (χ3n) is 5.67. The van der Waals surface area contributed by atoms with Gasteiger partial charge in [-0.3, -0.25) is 19.7 Å². The lowest BCUT2D eigenvalue weighted by atomic mass is 10.1. The van der Waals surface area contributed by atoms with Gasteiger partial charge in [0.1, 0.15) is 5.76 Å². The van der Waals surface area contributed by atoms with Gasteiger partial charge in [-0.1, -0.05) is 34.7 Å². The maximum Gasteiger partial charge on any atom is 0.279 e. The van der Waals surface area contributed by atoms with Crippen molar-refractivity contribution >= 4 is 39.9 Å². The molecule has 2 aliphatic rings. The normalized spacial score (nSPS) is 18.0. The highest BCUT2D eigenvalue weighted by Crippen LogP contribution is 2.31. The van der Waals surface area contributed by atoms with Crippen LogP contribution in [0.5, 0.6) is 0 Å². The smallest absolute Gasteiger partial charge is 0.279 e. The molecule has 32 heavy (non-hydrogen) atoms. The molecule has 0 bridgehead atoms. The third-order valence-corrected chi connectivity index (χ3v) is 6.66. The van der Waals surface area contributed by atoms with Crippen LogP contribution >= 0.6 is 11.3 Å². The van der Waals surface area contributed by atoms with Crippen molar-refractivity contribution in [3.05, 3.63) is 58.4 Å². The molecule has 9 nitrogen and oxygen atoms in total. The van der Waals surface area contributed by atoms with Gasteiger partial charge in [-0.15, -0.1) is 0 Å². The number of amides is 3. The Morgan fingerprint density at radius 2 is 2.06 bits per heavy atom. The topological polar surface area (TPSA) is 109 Å². The average molecular weight is 452 g/mol. The molecule has 1 unspecified atom stereocenters. The number of anilines is 2. The number of nitrogens with one attached hydrogen (secondary N) is 1. The molecule has 5 rings (SSSR count). The summed E-state index contributed by atoms with van der Waals surface area (Å²) in [5.41, 5.74) is 1.90. The van der Waals surface area contributed by atoms with E-state index in [1.807, 2.05) is 30.3 Å². The van der Waals surface area contributed by atoms with E-state index in [4.69, 9.17) is 4.52 Å². The monoisotopic (exact) mass is 451 g/mol. The number of para-hydroxylation sites is 1. The molecule has 3 aromatic rings. The summed E-state index contributed by atoms with van der Waals surface area (Å²) in [6, 6.07) is 11.0. The Labute approximate surface area is 188 Å². The lowest BCUT2D eigenvalue weighted by Crippen LogP contribution is -2.40. The second kappa shape index (κ2) is 8.19. The number of hydrogen-bond acceptors (Lipinski definition) is 7. The fraction of sp³-hybridized carbons (Fsp3) is 0.318. The molecule has 1 saturated heterocycles. The minimum atomic E-state index is -0.383. The van der Waals surface area contributed by atoms with Crippen molar-refractivity contribution in [1.29, 1.82) is 0 Å². The van der Waals surface area contributed by atoms with Crippen molar-refractivity contribution in [3.8, 4) is 0 Å². The maximum absolute atomic E-state index is 13.1. The standard InChI is InChI=1S/C22H21N5O4S/c1-13-9-17(25-31-13)20(29)24-22-23-16-7-8-26(12-18(16)32-22)21(30)14-10-19(28)27(11-14)15-5-3-2-4-6-15/h2-6,9,14H,7-8,10-12H2,1H3,(H,23,24,29). The minimum absolute atomic E-state index is 0.0144. The van der Waals surface area contributed by atoms with E-state index < -0.39 is 0 Å². The summed E-state index contributed by atoms with van der Waals surface area (Å²) < 4.78 is 4.94. The molecule has 3 amide bonds. The van der Waals surface area contributed by atoms with E-state index in [9.17, 15) is 14.4 Å². The van der Waals surface area contributed by atoms with Gasteiger partial charge >= 0.3 is 0 Å². The summed E-state index contributed by atoms with van der Waals surface area (Å²) in [5, 5.41) is 6.93. The number of aryl methyl sites for hydroxylation is 1. The largest absolute Gasteiger partial charge is 0.361 e. The number of thiazole rings is 1. The van der Waals surface area contributed by atoms with Crippen LogP contribution in [-0.4, -0.2) is 45.9 Å². The van der Waals surface area contributed by atoms with E-state index in [0.717, 1.165) is 16.3 Å². The summed E-state index contributed by atoms with van der Waals surface area (Å²) >= 11 is 1.35. The van der Waals surface area contributed by atoms with Gasteiger partial charge in [-0.2, -0.15) is 0 Å². The van der Waals surface area contributed by atoms with Crippen LogP contribution in [0.4, 0.5) is 10.8 Å². The Balaban J connectivity index is 1.24. The molecule has 1 N–H and O–H groups in total. The van der Waals surface area contributed by atoms with Crippen LogP contribution in [-0.2, 0) is 22.6 Å². The van der Waals surface area contributed by atoms with Crippen LogP contribution in [0.25, 0.3) is 0 Å². The van der Waals surface area contributed by atoms with E-state index in [2.05, 4.69) is 15.5 Å². The zero-order chi connectivity index (χ0) is 22.2. The molecule has 1 fully saturated rings. The zero-order valence-corrected chi connectivity index (χ0v) is 18.2. The predicted octanol–water partition coefficient (Wildman–Crippen LogP) is 2.63. The molecule has 4 heterocycles. The molecule has 2 aliphatic heterocycles. The Morgan fingerprint density at radius 3 is 2.81 bits per heavy atom. The van der Waals surface area contributed by atoms with E-state index in [-0.39, 0.29) is 35.8 Å². The molecule has 0 saturated carbocycles. The van der Waals surface area contributed by atoms with E-state index in [1.54, 1.807) is 22.8 Å². The third kappa shape index (κ3) is 3.89. The van der Waals surface area contributed by atoms with Crippen LogP contribution in [0.1, 0.15) is 33.2 Å². The lowest BCUT2D eigenvalue weighted by Gasteiger charge is -2.28. The number of carbonyl (C=O) groups excluding carboxylic acids is 3. The predicted molar refractivity (Wildman–Crippen MR) is 117 cm³/mol. The molecule has 0 spiro atoms. The first-order chi connectivity index (χ1) is 15.5. The Kier molecular flexibility index (Phi) is 5.22. The van der Waals surface area contributed by atoms with Crippen LogP contribution in [0.15, 0.2) is 40.9 Å². The maximum atomic E-state index is 13.1. The van der Waals surface area contributed by atoms with Gasteiger partial charge in [0.25, 0.3) is 5.91 Å². The first-order valence-electron chi connectivity index (χ1n) is 10.4. The number of benzene rings is 1. The highest BCUT2D eigenvalue weighted by molar-refractivity contribution is 7.15. The van der Waals surface area contributed by atoms with Gasteiger partial charge in [0.05, 0.1) is 18.2 Å². The van der Waals surface area contributed by atoms with Crippen molar-refractivity contribution < 1.29 is 18.9 Å². The number of rotatable bonds is 4. The second-order valence-corrected chi connectivity index (χ2v) is 9.00. The fourth-order valence-corrected chi connectivity index (χ4v) is 5.08. The van der Waals surface area contributed by atoms with Gasteiger partial charge in [0.15, 0.2) is 10.8 Å². The zero-order valence-electron chi connectivity index (χ0n) is 17.4. The van der Waals surface area contributed by atoms with Crippen LogP contribution < -0.4 is 10.2 Å². The number of nitrogens with zero attached hydrogens (tertiary/aromatic N) is 4. The molecule has 10 heteroatoms. The van der Waals surface area contributed by atoms with Crippen LogP contribution in [0, 0.1) is 12.8 Å². The van der Waals surface area contributed by atoms with Crippen molar-refractivity contribution in [3.63, 3.8) is 0 Å². The van der Waals surface area contributed by atoms with Crippen molar-refractivity contribution in [2.45, 2.75) is 26.3 Å². The Bertz CT molecular complexity index is 1190. The van der Waals surface area contributed by atoms with Gasteiger partial charge in [0.2, 0.25) is 11.8 Å². The highest BCUT2D eigenvalue weighted by atomic mass is 32.1. The van der Waals surface area contributed by atoms with Gasteiger partial charge in [0, 0.05) is 42.6 Å². The molecule has 2 aromatic heterocycles. The first kappa shape index (κ1) is 20.4. The molecular weight excluding hydrogens is 430 g/mol. The summed E-state index contributed by atoms with van der Waals surface area (Å²) in [6.45, 7) is 3.09. The van der Waals surface area contributed by atoms with Crippen LogP contribution in [0.2, 0.25) is 0 Å². The molecule has 0 aliphatic carbocycles. The van der Waals surface area contributed by atoms with Gasteiger partial charge < -0.3 is 14.3 Å². The average Bonchev–Trinajstić information content (AvgIpc) is 3.51. The number of fused-ring (bicyclic) bond motifs is 1. The quantitative estimate of drug-likeness (QED) is 0.653.